The van der Waals surface area contributed by atoms with Crippen molar-refractivity contribution in [3.63, 3.8) is 0 Å². The lowest BCUT2D eigenvalue weighted by atomic mass is 10.0. The first kappa shape index (κ1) is 17.1. The van der Waals surface area contributed by atoms with Crippen LogP contribution in [0.4, 0.5) is 0 Å². The maximum atomic E-state index is 12.4. The molecule has 1 aromatic carbocycles. The quantitative estimate of drug-likeness (QED) is 0.847. The largest absolute Gasteiger partial charge is 0.491 e. The monoisotopic (exact) mass is 368 g/mol. The Bertz CT molecular complexity index is 739. The van der Waals surface area contributed by atoms with Gasteiger partial charge in [-0.3, -0.25) is 9.48 Å². The summed E-state index contributed by atoms with van der Waals surface area (Å²) < 4.78 is 7.59. The molecular formula is C16H18Cl2N4O2. The molecular weight excluding hydrogens is 351 g/mol. The molecule has 4 rings (SSSR count). The average molecular weight is 369 g/mol. The predicted octanol–water partition coefficient (Wildman–Crippen LogP) is 1.79. The van der Waals surface area contributed by atoms with Crippen molar-refractivity contribution in [1.82, 2.24) is 20.4 Å². The third kappa shape index (κ3) is 3.36. The van der Waals surface area contributed by atoms with E-state index >= 15 is 0 Å². The van der Waals surface area contributed by atoms with Crippen molar-refractivity contribution in [1.29, 1.82) is 0 Å². The zero-order valence-corrected chi connectivity index (χ0v) is 14.5. The molecule has 0 saturated heterocycles. The fraction of sp³-hybridized carbons (Fsp3) is 0.375. The Morgan fingerprint density at radius 2 is 2.29 bits per heavy atom. The van der Waals surface area contributed by atoms with Gasteiger partial charge in [0.15, 0.2) is 5.69 Å². The van der Waals surface area contributed by atoms with Crippen LogP contribution in [0.2, 0.25) is 5.02 Å². The summed E-state index contributed by atoms with van der Waals surface area (Å²) in [5.41, 5.74) is 2.52. The van der Waals surface area contributed by atoms with E-state index < -0.39 is 0 Å². The molecule has 2 aliphatic rings. The van der Waals surface area contributed by atoms with Crippen LogP contribution in [0.25, 0.3) is 0 Å². The Hall–Kier alpha value is -1.76. The van der Waals surface area contributed by atoms with E-state index in [4.69, 9.17) is 16.3 Å². The molecule has 1 amide bonds. The first-order valence-electron chi connectivity index (χ1n) is 7.68. The number of benzene rings is 1. The van der Waals surface area contributed by atoms with E-state index in [1.54, 1.807) is 0 Å². The highest BCUT2D eigenvalue weighted by molar-refractivity contribution is 6.30. The number of carbonyl (C=O) groups excluding carboxylic acids is 1. The Labute approximate surface area is 150 Å². The maximum Gasteiger partial charge on any atom is 0.272 e. The first-order valence-corrected chi connectivity index (χ1v) is 8.06. The van der Waals surface area contributed by atoms with Crippen molar-refractivity contribution in [2.45, 2.75) is 25.6 Å². The molecule has 0 unspecified atom stereocenters. The topological polar surface area (TPSA) is 68.2 Å². The molecule has 0 spiro atoms. The van der Waals surface area contributed by atoms with Crippen molar-refractivity contribution in [2.75, 3.05) is 13.2 Å². The van der Waals surface area contributed by atoms with Gasteiger partial charge in [0.25, 0.3) is 5.91 Å². The molecule has 6 nitrogen and oxygen atoms in total. The van der Waals surface area contributed by atoms with Gasteiger partial charge in [0.05, 0.1) is 18.3 Å². The summed E-state index contributed by atoms with van der Waals surface area (Å²) in [4.78, 5) is 12.4. The number of aromatic nitrogens is 2. The highest BCUT2D eigenvalue weighted by Gasteiger charge is 2.24. The second-order valence-electron chi connectivity index (χ2n) is 5.86. The molecule has 24 heavy (non-hydrogen) atoms. The third-order valence-electron chi connectivity index (χ3n) is 4.17. The fourth-order valence-electron chi connectivity index (χ4n) is 3.02. The van der Waals surface area contributed by atoms with Gasteiger partial charge in [0.1, 0.15) is 12.4 Å². The van der Waals surface area contributed by atoms with E-state index in [9.17, 15) is 4.79 Å². The summed E-state index contributed by atoms with van der Waals surface area (Å²) >= 11 is 6.02. The van der Waals surface area contributed by atoms with E-state index in [1.165, 1.54) is 0 Å². The Morgan fingerprint density at radius 1 is 1.42 bits per heavy atom. The van der Waals surface area contributed by atoms with Gasteiger partial charge in [0.2, 0.25) is 0 Å². The van der Waals surface area contributed by atoms with E-state index in [-0.39, 0.29) is 24.4 Å². The Balaban J connectivity index is 0.00000169. The summed E-state index contributed by atoms with van der Waals surface area (Å²) in [6.07, 6.45) is 0.705. The lowest BCUT2D eigenvalue weighted by molar-refractivity contribution is 0.0909. The van der Waals surface area contributed by atoms with Crippen molar-refractivity contribution in [3.05, 3.63) is 46.2 Å². The molecule has 8 heteroatoms. The first-order chi connectivity index (χ1) is 11.2. The zero-order valence-electron chi connectivity index (χ0n) is 12.9. The van der Waals surface area contributed by atoms with Crippen molar-refractivity contribution in [2.24, 2.45) is 0 Å². The smallest absolute Gasteiger partial charge is 0.272 e. The molecule has 3 heterocycles. The van der Waals surface area contributed by atoms with E-state index in [0.29, 0.717) is 23.7 Å². The van der Waals surface area contributed by atoms with Crippen molar-refractivity contribution in [3.8, 4) is 5.75 Å². The van der Waals surface area contributed by atoms with Crippen LogP contribution in [0.5, 0.6) is 5.75 Å². The summed E-state index contributed by atoms with van der Waals surface area (Å²) in [5, 5.41) is 11.3. The predicted molar refractivity (Wildman–Crippen MR) is 93.1 cm³/mol. The van der Waals surface area contributed by atoms with Gasteiger partial charge in [0, 0.05) is 18.1 Å². The zero-order chi connectivity index (χ0) is 15.8. The lowest BCUT2D eigenvalue weighted by Gasteiger charge is -2.26. The highest BCUT2D eigenvalue weighted by Crippen LogP contribution is 2.27. The van der Waals surface area contributed by atoms with Crippen LogP contribution in [-0.4, -0.2) is 34.9 Å². The van der Waals surface area contributed by atoms with Crippen LogP contribution >= 0.6 is 24.0 Å². The van der Waals surface area contributed by atoms with Gasteiger partial charge in [-0.15, -0.1) is 12.4 Å². The van der Waals surface area contributed by atoms with Gasteiger partial charge in [-0.25, -0.2) is 0 Å². The number of halogens is 2. The number of fused-ring (bicyclic) bond motifs is 2. The molecule has 2 N–H and O–H groups in total. The summed E-state index contributed by atoms with van der Waals surface area (Å²) in [6, 6.07) is 7.33. The number of rotatable bonds is 2. The average Bonchev–Trinajstić information content (AvgIpc) is 2.98. The molecule has 0 aliphatic carbocycles. The molecule has 0 saturated carbocycles. The molecule has 2 aromatic rings. The van der Waals surface area contributed by atoms with Gasteiger partial charge >= 0.3 is 0 Å². The van der Waals surface area contributed by atoms with Crippen LogP contribution in [0.15, 0.2) is 24.3 Å². The molecule has 0 bridgehead atoms. The molecule has 1 atom stereocenters. The lowest BCUT2D eigenvalue weighted by Crippen LogP contribution is -2.42. The minimum absolute atomic E-state index is 0. The van der Waals surface area contributed by atoms with Crippen molar-refractivity contribution < 1.29 is 9.53 Å². The van der Waals surface area contributed by atoms with Crippen LogP contribution in [-0.2, 0) is 19.5 Å². The molecule has 128 valence electrons. The Kier molecular flexibility index (Phi) is 4.99. The second kappa shape index (κ2) is 7.01. The van der Waals surface area contributed by atoms with Gasteiger partial charge in [-0.1, -0.05) is 11.6 Å². The second-order valence-corrected chi connectivity index (χ2v) is 6.29. The van der Waals surface area contributed by atoms with Gasteiger partial charge < -0.3 is 15.4 Å². The minimum atomic E-state index is -0.161. The summed E-state index contributed by atoms with van der Waals surface area (Å²) in [7, 11) is 0. The fourth-order valence-corrected chi connectivity index (χ4v) is 3.21. The Morgan fingerprint density at radius 3 is 3.12 bits per heavy atom. The van der Waals surface area contributed by atoms with E-state index in [2.05, 4.69) is 15.7 Å². The number of ether oxygens (including phenoxy) is 1. The molecule has 0 radical (unpaired) electrons. The minimum Gasteiger partial charge on any atom is -0.491 e. The van der Waals surface area contributed by atoms with Crippen LogP contribution in [0.1, 0.15) is 21.7 Å². The molecule has 1 aromatic heterocycles. The SMILES string of the molecule is Cl.O=C(N[C@H]1COc2ccc(Cl)cc2C1)c1cc2n(n1)CCNC2. The number of nitrogens with zero attached hydrogens (tertiary/aromatic N) is 2. The molecule has 0 fully saturated rings. The van der Waals surface area contributed by atoms with Crippen LogP contribution < -0.4 is 15.4 Å². The van der Waals surface area contributed by atoms with E-state index in [1.807, 2.05) is 28.9 Å². The van der Waals surface area contributed by atoms with Gasteiger partial charge in [-0.05, 0) is 36.2 Å². The maximum absolute atomic E-state index is 12.4. The summed E-state index contributed by atoms with van der Waals surface area (Å²) in [6.45, 7) is 2.87. The number of carbonyl (C=O) groups is 1. The summed E-state index contributed by atoms with van der Waals surface area (Å²) in [5.74, 6) is 0.675. The van der Waals surface area contributed by atoms with Crippen LogP contribution in [0, 0.1) is 0 Å². The normalized spacial score (nSPS) is 18.6. The number of nitrogens with one attached hydrogen (secondary N) is 2. The highest BCUT2D eigenvalue weighted by atomic mass is 35.5. The van der Waals surface area contributed by atoms with Crippen molar-refractivity contribution >= 4 is 29.9 Å². The third-order valence-corrected chi connectivity index (χ3v) is 4.40. The number of hydrogen-bond acceptors (Lipinski definition) is 4. The van der Waals surface area contributed by atoms with E-state index in [0.717, 1.165) is 36.6 Å². The van der Waals surface area contributed by atoms with Crippen LogP contribution in [0.3, 0.4) is 0 Å². The number of amides is 1. The number of hydrogen-bond donors (Lipinski definition) is 2. The molecule has 2 aliphatic heterocycles. The standard InChI is InChI=1S/C16H17ClN4O2.ClH/c17-11-1-2-15-10(5-11)6-12(9-23-15)19-16(22)14-7-13-8-18-3-4-21(13)20-14;/h1-2,5,7,12,18H,3-4,6,8-9H2,(H,19,22);1H/t12-;/m1./s1. The van der Waals surface area contributed by atoms with Gasteiger partial charge in [-0.2, -0.15) is 5.10 Å².